The van der Waals surface area contributed by atoms with E-state index in [1.54, 1.807) is 5.56 Å². The minimum atomic E-state index is 0.704. The molecule has 70 valence electrons. The summed E-state index contributed by atoms with van der Waals surface area (Å²) in [5.41, 5.74) is 4.47. The molecule has 1 aromatic carbocycles. The monoisotopic (exact) mass is 182 g/mol. The fourth-order valence-corrected chi connectivity index (χ4v) is 2.69. The first kappa shape index (κ1) is 8.05. The van der Waals surface area contributed by atoms with E-state index in [1.807, 2.05) is 0 Å². The number of hydrogen-bond donors (Lipinski definition) is 0. The SMILES string of the molecule is Cc1cc2c(c3c1=CCC3C)C=CC=2. The maximum atomic E-state index is 2.39. The van der Waals surface area contributed by atoms with Crippen molar-refractivity contribution in [3.63, 3.8) is 0 Å². The van der Waals surface area contributed by atoms with Gasteiger partial charge in [-0.2, -0.15) is 0 Å². The number of allylic oxidation sites excluding steroid dienone is 1. The second kappa shape index (κ2) is 2.60. The summed E-state index contributed by atoms with van der Waals surface area (Å²) in [6, 6.07) is 2.31. The lowest BCUT2D eigenvalue weighted by Gasteiger charge is -2.09. The van der Waals surface area contributed by atoms with Crippen LogP contribution in [0.4, 0.5) is 0 Å². The third-order valence-corrected chi connectivity index (χ3v) is 3.40. The van der Waals surface area contributed by atoms with Crippen LogP contribution in [-0.4, -0.2) is 0 Å². The van der Waals surface area contributed by atoms with E-state index in [2.05, 4.69) is 44.2 Å². The smallest absolute Gasteiger partial charge is 0.0143 e. The highest BCUT2D eigenvalue weighted by atomic mass is 14.2. The summed E-state index contributed by atoms with van der Waals surface area (Å²) < 4.78 is 0. The number of fused-ring (bicyclic) bond motifs is 3. The average Bonchev–Trinajstić information content (AvgIpc) is 2.71. The largest absolute Gasteiger partial charge is 0.0761 e. The molecule has 1 unspecified atom stereocenters. The number of benzene rings is 1. The van der Waals surface area contributed by atoms with Gasteiger partial charge in [-0.1, -0.05) is 37.3 Å². The second-order valence-corrected chi connectivity index (χ2v) is 4.39. The summed E-state index contributed by atoms with van der Waals surface area (Å²) >= 11 is 0. The van der Waals surface area contributed by atoms with Crippen molar-refractivity contribution in [2.24, 2.45) is 0 Å². The Hall–Kier alpha value is -1.30. The van der Waals surface area contributed by atoms with Gasteiger partial charge in [0.2, 0.25) is 0 Å². The quantitative estimate of drug-likeness (QED) is 0.576. The lowest BCUT2D eigenvalue weighted by molar-refractivity contribution is 0.820. The minimum absolute atomic E-state index is 0.704. The van der Waals surface area contributed by atoms with Crippen molar-refractivity contribution in [2.75, 3.05) is 0 Å². The Kier molecular flexibility index (Phi) is 1.49. The van der Waals surface area contributed by atoms with Gasteiger partial charge >= 0.3 is 0 Å². The van der Waals surface area contributed by atoms with Crippen molar-refractivity contribution in [2.45, 2.75) is 26.2 Å². The molecular formula is C14H14. The van der Waals surface area contributed by atoms with Crippen molar-refractivity contribution in [1.29, 1.82) is 0 Å². The Bertz CT molecular complexity index is 544. The molecule has 2 aliphatic carbocycles. The van der Waals surface area contributed by atoms with Crippen LogP contribution in [0.15, 0.2) is 12.1 Å². The van der Waals surface area contributed by atoms with Crippen LogP contribution in [0.1, 0.15) is 36.0 Å². The lowest BCUT2D eigenvalue weighted by Crippen LogP contribution is -2.19. The van der Waals surface area contributed by atoms with Gasteiger partial charge in [-0.3, -0.25) is 0 Å². The second-order valence-electron chi connectivity index (χ2n) is 4.39. The maximum absolute atomic E-state index is 2.39. The zero-order chi connectivity index (χ0) is 9.71. The molecule has 0 fully saturated rings. The Labute approximate surface area is 84.3 Å². The lowest BCUT2D eigenvalue weighted by atomic mass is 9.95. The third kappa shape index (κ3) is 0.886. The van der Waals surface area contributed by atoms with Gasteiger partial charge in [0.25, 0.3) is 0 Å². The molecule has 0 N–H and O–H groups in total. The standard InChI is InChI=1S/C14H14/c1-9-6-7-12-10(2)8-11-4-3-5-13(11)14(9)12/h3-5,7-9H,6H2,1-2H3. The molecule has 0 aliphatic heterocycles. The Morgan fingerprint density at radius 3 is 3.07 bits per heavy atom. The van der Waals surface area contributed by atoms with Gasteiger partial charge in [0, 0.05) is 0 Å². The van der Waals surface area contributed by atoms with Crippen LogP contribution in [0.5, 0.6) is 0 Å². The van der Waals surface area contributed by atoms with Crippen molar-refractivity contribution in [3.05, 3.63) is 39.3 Å². The van der Waals surface area contributed by atoms with Gasteiger partial charge in [-0.15, -0.1) is 0 Å². The highest BCUT2D eigenvalue weighted by Gasteiger charge is 2.18. The molecule has 0 amide bonds. The first-order valence-corrected chi connectivity index (χ1v) is 5.29. The van der Waals surface area contributed by atoms with Crippen LogP contribution in [0.3, 0.4) is 0 Å². The van der Waals surface area contributed by atoms with Crippen molar-refractivity contribution in [1.82, 2.24) is 0 Å². The molecule has 0 heterocycles. The third-order valence-electron chi connectivity index (χ3n) is 3.40. The summed E-state index contributed by atoms with van der Waals surface area (Å²) in [6.45, 7) is 4.55. The van der Waals surface area contributed by atoms with Crippen LogP contribution in [0, 0.1) is 6.92 Å². The molecule has 0 radical (unpaired) electrons. The van der Waals surface area contributed by atoms with E-state index >= 15 is 0 Å². The predicted octanol–water partition coefficient (Wildman–Crippen LogP) is 2.09. The molecular weight excluding hydrogens is 168 g/mol. The van der Waals surface area contributed by atoms with E-state index in [0.717, 1.165) is 0 Å². The molecule has 0 aromatic heterocycles. The highest BCUT2D eigenvalue weighted by Crippen LogP contribution is 2.25. The van der Waals surface area contributed by atoms with Crippen molar-refractivity contribution < 1.29 is 0 Å². The summed E-state index contributed by atoms with van der Waals surface area (Å²) in [7, 11) is 0. The summed E-state index contributed by atoms with van der Waals surface area (Å²) in [6.07, 6.45) is 10.2. The van der Waals surface area contributed by atoms with E-state index in [0.29, 0.717) is 5.92 Å². The number of rotatable bonds is 0. The van der Waals surface area contributed by atoms with Crippen LogP contribution in [0.2, 0.25) is 0 Å². The van der Waals surface area contributed by atoms with Gasteiger partial charge < -0.3 is 0 Å². The maximum Gasteiger partial charge on any atom is -0.0143 e. The summed E-state index contributed by atoms with van der Waals surface area (Å²) in [5.74, 6) is 0.704. The average molecular weight is 182 g/mol. The molecule has 0 nitrogen and oxygen atoms in total. The number of hydrogen-bond acceptors (Lipinski definition) is 0. The highest BCUT2D eigenvalue weighted by molar-refractivity contribution is 5.71. The number of aryl methyl sites for hydroxylation is 1. The zero-order valence-corrected chi connectivity index (χ0v) is 8.67. The molecule has 2 aliphatic rings. The van der Waals surface area contributed by atoms with Gasteiger partial charge in [0.1, 0.15) is 0 Å². The molecule has 1 aromatic rings. The molecule has 0 saturated carbocycles. The van der Waals surface area contributed by atoms with E-state index < -0.39 is 0 Å². The fraction of sp³-hybridized carbons (Fsp3) is 0.286. The van der Waals surface area contributed by atoms with E-state index in [1.165, 1.54) is 28.0 Å². The minimum Gasteiger partial charge on any atom is -0.0761 e. The zero-order valence-electron chi connectivity index (χ0n) is 8.67. The first-order chi connectivity index (χ1) is 6.77. The van der Waals surface area contributed by atoms with Crippen LogP contribution < -0.4 is 10.4 Å². The normalized spacial score (nSPS) is 21.4. The van der Waals surface area contributed by atoms with E-state index in [4.69, 9.17) is 0 Å². The van der Waals surface area contributed by atoms with Gasteiger partial charge in [0.05, 0.1) is 0 Å². The van der Waals surface area contributed by atoms with Gasteiger partial charge in [-0.05, 0) is 46.4 Å². The molecule has 0 heteroatoms. The van der Waals surface area contributed by atoms with Gasteiger partial charge in [-0.25, -0.2) is 0 Å². The Morgan fingerprint density at radius 2 is 2.21 bits per heavy atom. The van der Waals surface area contributed by atoms with Crippen molar-refractivity contribution in [3.8, 4) is 0 Å². The molecule has 14 heavy (non-hydrogen) atoms. The molecule has 1 atom stereocenters. The van der Waals surface area contributed by atoms with Crippen molar-refractivity contribution >= 4 is 18.2 Å². The fourth-order valence-electron chi connectivity index (χ4n) is 2.69. The van der Waals surface area contributed by atoms with Gasteiger partial charge in [0.15, 0.2) is 0 Å². The van der Waals surface area contributed by atoms with E-state index in [9.17, 15) is 0 Å². The topological polar surface area (TPSA) is 0 Å². The Balaban J connectivity index is 2.49. The van der Waals surface area contributed by atoms with E-state index in [-0.39, 0.29) is 0 Å². The molecule has 0 spiro atoms. The molecule has 0 bridgehead atoms. The van der Waals surface area contributed by atoms with Crippen LogP contribution >= 0.6 is 0 Å². The molecule has 0 saturated heterocycles. The van der Waals surface area contributed by atoms with Crippen LogP contribution in [-0.2, 0) is 0 Å². The van der Waals surface area contributed by atoms with Crippen LogP contribution in [0.25, 0.3) is 18.2 Å². The first-order valence-electron chi connectivity index (χ1n) is 5.29. The summed E-state index contributed by atoms with van der Waals surface area (Å²) in [4.78, 5) is 0. The molecule has 3 rings (SSSR count). The predicted molar refractivity (Wildman–Crippen MR) is 61.4 cm³/mol. The summed E-state index contributed by atoms with van der Waals surface area (Å²) in [5, 5.41) is 2.90. The Morgan fingerprint density at radius 1 is 1.36 bits per heavy atom.